The molecule has 0 aromatic rings. The average molecular weight is 186 g/mol. The first-order chi connectivity index (χ1) is 5.37. The third-order valence-corrected chi connectivity index (χ3v) is 2.25. The van der Waals surface area contributed by atoms with Crippen LogP contribution in [0.2, 0.25) is 0 Å². The molecule has 0 aliphatic carbocycles. The highest BCUT2D eigenvalue weighted by molar-refractivity contribution is 4.73. The van der Waals surface area contributed by atoms with Gasteiger partial charge in [0.25, 0.3) is 0 Å². The number of quaternary nitrogens is 1. The Morgan fingerprint density at radius 3 is 0.615 bits per heavy atom. The Morgan fingerprint density at radius 2 is 0.615 bits per heavy atom. The highest BCUT2D eigenvalue weighted by Crippen LogP contribution is 2.09. The topological polar surface area (TPSA) is 4.44 Å². The average Bonchev–Trinajstić information content (AvgIpc) is 1.44. The normalized spacial score (nSPS) is 15.2. The maximum Gasteiger partial charge on any atom is 0.0899 e. The van der Waals surface area contributed by atoms with Gasteiger partial charge in [-0.05, 0) is 62.3 Å². The zero-order valence-electron chi connectivity index (χ0n) is 11.0. The van der Waals surface area contributed by atoms with E-state index in [-0.39, 0.29) is 0 Å². The van der Waals surface area contributed by atoms with E-state index in [0.29, 0.717) is 16.6 Å². The van der Waals surface area contributed by atoms with Crippen molar-refractivity contribution in [2.24, 2.45) is 0 Å². The second-order valence-electron chi connectivity index (χ2n) is 7.12. The van der Waals surface area contributed by atoms with Crippen molar-refractivity contribution in [3.8, 4) is 0 Å². The van der Waals surface area contributed by atoms with Crippen LogP contribution < -0.4 is 4.90 Å². The zero-order chi connectivity index (χ0) is 11.1. The van der Waals surface area contributed by atoms with Gasteiger partial charge in [-0.25, -0.2) is 0 Å². The Kier molecular flexibility index (Phi) is 3.26. The van der Waals surface area contributed by atoms with Gasteiger partial charge in [0.2, 0.25) is 0 Å². The van der Waals surface area contributed by atoms with E-state index >= 15 is 0 Å². The van der Waals surface area contributed by atoms with Crippen molar-refractivity contribution in [2.75, 3.05) is 0 Å². The van der Waals surface area contributed by atoms with Gasteiger partial charge in [-0.3, -0.25) is 0 Å². The maximum atomic E-state index is 2.32. The van der Waals surface area contributed by atoms with Crippen LogP contribution in [0.1, 0.15) is 62.3 Å². The molecule has 1 heteroatoms. The molecule has 1 nitrogen and oxygen atoms in total. The molecule has 0 aliphatic heterocycles. The molecular weight excluding hydrogens is 158 g/mol. The van der Waals surface area contributed by atoms with Gasteiger partial charge in [-0.1, -0.05) is 0 Å². The molecule has 0 unspecified atom stereocenters. The number of hydrogen-bond acceptors (Lipinski definition) is 0. The van der Waals surface area contributed by atoms with Crippen molar-refractivity contribution < 1.29 is 4.90 Å². The first kappa shape index (κ1) is 13.0. The first-order valence-corrected chi connectivity index (χ1v) is 5.25. The van der Waals surface area contributed by atoms with Crippen LogP contribution >= 0.6 is 0 Å². The molecule has 0 spiro atoms. The molecule has 0 atom stereocenters. The molecule has 13 heavy (non-hydrogen) atoms. The summed E-state index contributed by atoms with van der Waals surface area (Å²) in [6.45, 7) is 20.9. The van der Waals surface area contributed by atoms with Crippen LogP contribution in [0.3, 0.4) is 0 Å². The molecule has 0 aromatic carbocycles. The molecule has 0 radical (unpaired) electrons. The highest BCUT2D eigenvalue weighted by Gasteiger charge is 2.43. The molecule has 0 amide bonds. The molecule has 0 saturated heterocycles. The Labute approximate surface area is 84.5 Å². The fourth-order valence-electron chi connectivity index (χ4n) is 3.38. The van der Waals surface area contributed by atoms with E-state index in [4.69, 9.17) is 0 Å². The minimum absolute atomic E-state index is 0.302. The molecule has 1 N–H and O–H groups in total. The molecule has 0 rings (SSSR count). The summed E-state index contributed by atoms with van der Waals surface area (Å²) >= 11 is 0. The maximum absolute atomic E-state index is 2.32. The summed E-state index contributed by atoms with van der Waals surface area (Å²) in [6.07, 6.45) is 0. The number of hydrogen-bond donors (Lipinski definition) is 1. The smallest absolute Gasteiger partial charge is 0.0899 e. The summed E-state index contributed by atoms with van der Waals surface area (Å²) in [5, 5.41) is 0. The molecule has 0 aromatic heterocycles. The van der Waals surface area contributed by atoms with E-state index in [2.05, 4.69) is 62.3 Å². The second-order valence-corrected chi connectivity index (χ2v) is 7.12. The summed E-state index contributed by atoms with van der Waals surface area (Å²) in [7, 11) is 0. The minimum Gasteiger partial charge on any atom is -0.322 e. The van der Waals surface area contributed by atoms with Gasteiger partial charge in [0.15, 0.2) is 0 Å². The quantitative estimate of drug-likeness (QED) is 0.592. The van der Waals surface area contributed by atoms with E-state index in [0.717, 1.165) is 0 Å². The van der Waals surface area contributed by atoms with E-state index < -0.39 is 0 Å². The van der Waals surface area contributed by atoms with Crippen LogP contribution in [0, 0.1) is 0 Å². The molecule has 80 valence electrons. The molecule has 0 saturated carbocycles. The minimum atomic E-state index is 0.302. The largest absolute Gasteiger partial charge is 0.322 e. The van der Waals surface area contributed by atoms with Crippen LogP contribution in [-0.4, -0.2) is 16.6 Å². The van der Waals surface area contributed by atoms with Gasteiger partial charge >= 0.3 is 0 Å². The fourth-order valence-corrected chi connectivity index (χ4v) is 3.38. The fraction of sp³-hybridized carbons (Fsp3) is 1.00. The van der Waals surface area contributed by atoms with Crippen LogP contribution in [0.15, 0.2) is 0 Å². The van der Waals surface area contributed by atoms with Gasteiger partial charge in [0, 0.05) is 0 Å². The highest BCUT2D eigenvalue weighted by atomic mass is 15.3. The van der Waals surface area contributed by atoms with Gasteiger partial charge < -0.3 is 4.90 Å². The van der Waals surface area contributed by atoms with Crippen molar-refractivity contribution in [1.29, 1.82) is 0 Å². The predicted molar refractivity (Wildman–Crippen MR) is 60.2 cm³/mol. The SMILES string of the molecule is CC(C)(C)[NH+](C(C)(C)C)C(C)(C)C. The predicted octanol–water partition coefficient (Wildman–Crippen LogP) is 2.27. The van der Waals surface area contributed by atoms with Crippen molar-refractivity contribution in [3.63, 3.8) is 0 Å². The third-order valence-electron chi connectivity index (χ3n) is 2.25. The van der Waals surface area contributed by atoms with Crippen molar-refractivity contribution in [3.05, 3.63) is 0 Å². The van der Waals surface area contributed by atoms with Crippen LogP contribution in [0.25, 0.3) is 0 Å². The van der Waals surface area contributed by atoms with Crippen LogP contribution in [0.5, 0.6) is 0 Å². The second kappa shape index (κ2) is 3.27. The summed E-state index contributed by atoms with van der Waals surface area (Å²) in [4.78, 5) is 1.65. The zero-order valence-corrected chi connectivity index (χ0v) is 11.0. The van der Waals surface area contributed by atoms with E-state index in [9.17, 15) is 0 Å². The summed E-state index contributed by atoms with van der Waals surface area (Å²) in [5.74, 6) is 0. The molecular formula is C12H28N+. The number of nitrogens with one attached hydrogen (secondary N) is 1. The lowest BCUT2D eigenvalue weighted by atomic mass is 9.88. The Bertz CT molecular complexity index is 128. The summed E-state index contributed by atoms with van der Waals surface area (Å²) in [5.41, 5.74) is 0.906. The van der Waals surface area contributed by atoms with Gasteiger partial charge in [0.1, 0.15) is 0 Å². The molecule has 0 aliphatic rings. The Morgan fingerprint density at radius 1 is 0.462 bits per heavy atom. The van der Waals surface area contributed by atoms with E-state index in [1.165, 1.54) is 0 Å². The third kappa shape index (κ3) is 3.68. The standard InChI is InChI=1S/C12H27N/c1-10(2,3)13(11(4,5)6)12(7,8)9/h1-9H3/p+1. The number of rotatable bonds is 0. The summed E-state index contributed by atoms with van der Waals surface area (Å²) in [6, 6.07) is 0. The lowest BCUT2D eigenvalue weighted by Crippen LogP contribution is -3.30. The van der Waals surface area contributed by atoms with Crippen LogP contribution in [-0.2, 0) is 0 Å². The van der Waals surface area contributed by atoms with Crippen molar-refractivity contribution >= 4 is 0 Å². The first-order valence-electron chi connectivity index (χ1n) is 5.25. The van der Waals surface area contributed by atoms with Gasteiger partial charge in [0.05, 0.1) is 16.6 Å². The molecule has 0 heterocycles. The van der Waals surface area contributed by atoms with Crippen molar-refractivity contribution in [1.82, 2.24) is 0 Å². The lowest BCUT2D eigenvalue weighted by Gasteiger charge is -2.49. The van der Waals surface area contributed by atoms with Crippen LogP contribution in [0.4, 0.5) is 0 Å². The Hall–Kier alpha value is -0.0400. The van der Waals surface area contributed by atoms with Gasteiger partial charge in [-0.2, -0.15) is 0 Å². The molecule has 0 fully saturated rings. The van der Waals surface area contributed by atoms with E-state index in [1.807, 2.05) is 0 Å². The monoisotopic (exact) mass is 186 g/mol. The van der Waals surface area contributed by atoms with Gasteiger partial charge in [-0.15, -0.1) is 0 Å². The Balaban J connectivity index is 5.02. The molecule has 0 bridgehead atoms. The lowest BCUT2D eigenvalue weighted by molar-refractivity contribution is -1.03. The van der Waals surface area contributed by atoms with E-state index in [1.54, 1.807) is 4.90 Å². The summed E-state index contributed by atoms with van der Waals surface area (Å²) < 4.78 is 0. The van der Waals surface area contributed by atoms with Crippen molar-refractivity contribution in [2.45, 2.75) is 78.9 Å².